The quantitative estimate of drug-likeness (QED) is 0.867. The molecule has 1 N–H and O–H groups in total. The predicted octanol–water partition coefficient (Wildman–Crippen LogP) is 2.68. The van der Waals surface area contributed by atoms with E-state index in [4.69, 9.17) is 0 Å². The first kappa shape index (κ1) is 17.8. The summed E-state index contributed by atoms with van der Waals surface area (Å²) >= 11 is 0. The number of nitrogens with one attached hydrogen (secondary N) is 1. The number of rotatable bonds is 6. The highest BCUT2D eigenvalue weighted by Crippen LogP contribution is 2.23. The Bertz CT molecular complexity index is 610. The Kier molecular flexibility index (Phi) is 6.04. The summed E-state index contributed by atoms with van der Waals surface area (Å²) in [6.07, 6.45) is 6.99. The number of amides is 1. The molecule has 1 amide bonds. The molecule has 1 aromatic rings. The third-order valence-corrected chi connectivity index (χ3v) is 5.47. The van der Waals surface area contributed by atoms with E-state index in [1.807, 2.05) is 13.0 Å². The van der Waals surface area contributed by atoms with Crippen molar-refractivity contribution in [1.29, 1.82) is 0 Å². The van der Waals surface area contributed by atoms with Crippen molar-refractivity contribution in [1.82, 2.24) is 5.32 Å². The van der Waals surface area contributed by atoms with Gasteiger partial charge in [-0.3, -0.25) is 9.10 Å². The third kappa shape index (κ3) is 4.70. The number of hydrogen-bond donors (Lipinski definition) is 1. The van der Waals surface area contributed by atoms with E-state index in [1.54, 1.807) is 24.3 Å². The van der Waals surface area contributed by atoms with E-state index in [2.05, 4.69) is 5.32 Å². The van der Waals surface area contributed by atoms with Gasteiger partial charge in [-0.1, -0.05) is 44.4 Å². The zero-order valence-electron chi connectivity index (χ0n) is 13.9. The smallest absolute Gasteiger partial charge is 0.244 e. The molecular formula is C17H26N2O3S. The number of carbonyl (C=O) groups is 1. The van der Waals surface area contributed by atoms with E-state index in [-0.39, 0.29) is 11.9 Å². The normalized spacial score (nSPS) is 17.5. The molecule has 2 rings (SSSR count). The fourth-order valence-corrected chi connectivity index (χ4v) is 4.39. The molecule has 0 saturated heterocycles. The largest absolute Gasteiger partial charge is 0.352 e. The van der Waals surface area contributed by atoms with Crippen LogP contribution < -0.4 is 9.62 Å². The molecule has 1 aliphatic rings. The lowest BCUT2D eigenvalue weighted by molar-refractivity contribution is -0.123. The highest BCUT2D eigenvalue weighted by Gasteiger charge is 2.32. The number of para-hydroxylation sites is 1. The summed E-state index contributed by atoms with van der Waals surface area (Å²) in [5.74, 6) is -0.200. The molecular weight excluding hydrogens is 312 g/mol. The summed E-state index contributed by atoms with van der Waals surface area (Å²) in [6, 6.07) is 8.28. The molecule has 1 fully saturated rings. The van der Waals surface area contributed by atoms with Gasteiger partial charge in [-0.2, -0.15) is 0 Å². The van der Waals surface area contributed by atoms with Gasteiger partial charge in [0.15, 0.2) is 0 Å². The molecule has 1 atom stereocenters. The van der Waals surface area contributed by atoms with E-state index in [0.717, 1.165) is 31.9 Å². The standard InChI is InChI=1S/C17H26N2O3S/c1-3-16(17(20)18-14-10-6-4-7-11-14)19(23(2,21)22)15-12-8-5-9-13-15/h5,8-9,12-14,16H,3-4,6-7,10-11H2,1-2H3,(H,18,20)/t16-/m1/s1. The van der Waals surface area contributed by atoms with E-state index >= 15 is 0 Å². The van der Waals surface area contributed by atoms with Crippen molar-refractivity contribution in [2.75, 3.05) is 10.6 Å². The summed E-state index contributed by atoms with van der Waals surface area (Å²) in [5.41, 5.74) is 0.528. The number of anilines is 1. The van der Waals surface area contributed by atoms with Crippen molar-refractivity contribution in [3.63, 3.8) is 0 Å². The fourth-order valence-electron chi connectivity index (χ4n) is 3.18. The topological polar surface area (TPSA) is 66.5 Å². The van der Waals surface area contributed by atoms with Crippen LogP contribution in [0.4, 0.5) is 5.69 Å². The second kappa shape index (κ2) is 7.81. The van der Waals surface area contributed by atoms with E-state index in [1.165, 1.54) is 10.7 Å². The monoisotopic (exact) mass is 338 g/mol. The minimum atomic E-state index is -3.54. The number of carbonyl (C=O) groups excluding carboxylic acids is 1. The van der Waals surface area contributed by atoms with Crippen LogP contribution in [-0.4, -0.2) is 32.7 Å². The average Bonchev–Trinajstić information content (AvgIpc) is 2.53. The second-order valence-corrected chi connectivity index (χ2v) is 8.02. The molecule has 1 saturated carbocycles. The summed E-state index contributed by atoms with van der Waals surface area (Å²) in [6.45, 7) is 1.84. The van der Waals surface area contributed by atoms with E-state index < -0.39 is 16.1 Å². The molecule has 0 aliphatic heterocycles. The lowest BCUT2D eigenvalue weighted by atomic mass is 9.95. The molecule has 23 heavy (non-hydrogen) atoms. The first-order chi connectivity index (χ1) is 10.9. The molecule has 0 spiro atoms. The molecule has 1 aliphatic carbocycles. The maximum absolute atomic E-state index is 12.7. The van der Waals surface area contributed by atoms with Gasteiger partial charge in [0.05, 0.1) is 11.9 Å². The van der Waals surface area contributed by atoms with E-state index in [0.29, 0.717) is 12.1 Å². The van der Waals surface area contributed by atoms with Crippen LogP contribution in [0.5, 0.6) is 0 Å². The summed E-state index contributed by atoms with van der Waals surface area (Å²) < 4.78 is 25.8. The third-order valence-electron chi connectivity index (χ3n) is 4.29. The number of nitrogens with zero attached hydrogens (tertiary/aromatic N) is 1. The SMILES string of the molecule is CC[C@H](C(=O)NC1CCCCC1)N(c1ccccc1)S(C)(=O)=O. The summed E-state index contributed by atoms with van der Waals surface area (Å²) in [7, 11) is -3.54. The summed E-state index contributed by atoms with van der Waals surface area (Å²) in [5, 5.41) is 3.05. The minimum absolute atomic E-state index is 0.169. The minimum Gasteiger partial charge on any atom is -0.352 e. The van der Waals surface area contributed by atoms with Crippen LogP contribution in [0.15, 0.2) is 30.3 Å². The van der Waals surface area contributed by atoms with Crippen molar-refractivity contribution in [2.24, 2.45) is 0 Å². The van der Waals surface area contributed by atoms with Crippen LogP contribution in [-0.2, 0) is 14.8 Å². The van der Waals surface area contributed by atoms with Gasteiger partial charge in [0.2, 0.25) is 15.9 Å². The zero-order chi connectivity index (χ0) is 16.9. The van der Waals surface area contributed by atoms with E-state index in [9.17, 15) is 13.2 Å². The molecule has 128 valence electrons. The Hall–Kier alpha value is -1.56. The van der Waals surface area contributed by atoms with Gasteiger partial charge < -0.3 is 5.32 Å². The summed E-state index contributed by atoms with van der Waals surface area (Å²) in [4.78, 5) is 12.7. The van der Waals surface area contributed by atoms with Crippen molar-refractivity contribution < 1.29 is 13.2 Å². The highest BCUT2D eigenvalue weighted by atomic mass is 32.2. The molecule has 0 heterocycles. The molecule has 1 aromatic carbocycles. The van der Waals surface area contributed by atoms with Crippen LogP contribution in [0.1, 0.15) is 45.4 Å². The van der Waals surface area contributed by atoms with Crippen molar-refractivity contribution in [3.8, 4) is 0 Å². The van der Waals surface area contributed by atoms with Gasteiger partial charge in [0.25, 0.3) is 0 Å². The van der Waals surface area contributed by atoms with Gasteiger partial charge in [-0.25, -0.2) is 8.42 Å². The van der Waals surface area contributed by atoms with Gasteiger partial charge in [-0.15, -0.1) is 0 Å². The number of benzene rings is 1. The zero-order valence-corrected chi connectivity index (χ0v) is 14.7. The van der Waals surface area contributed by atoms with Crippen LogP contribution in [0.3, 0.4) is 0 Å². The molecule has 0 radical (unpaired) electrons. The highest BCUT2D eigenvalue weighted by molar-refractivity contribution is 7.92. The Morgan fingerprint density at radius 1 is 1.22 bits per heavy atom. The molecule has 0 unspecified atom stereocenters. The maximum Gasteiger partial charge on any atom is 0.244 e. The Morgan fingerprint density at radius 3 is 2.35 bits per heavy atom. The predicted molar refractivity (Wildman–Crippen MR) is 92.9 cm³/mol. The van der Waals surface area contributed by atoms with Crippen LogP contribution >= 0.6 is 0 Å². The second-order valence-electron chi connectivity index (χ2n) is 6.16. The van der Waals surface area contributed by atoms with Crippen molar-refractivity contribution >= 4 is 21.6 Å². The lowest BCUT2D eigenvalue weighted by Gasteiger charge is -2.32. The van der Waals surface area contributed by atoms with Crippen LogP contribution in [0.25, 0.3) is 0 Å². The molecule has 0 bridgehead atoms. The van der Waals surface area contributed by atoms with Crippen LogP contribution in [0.2, 0.25) is 0 Å². The Balaban J connectivity index is 2.22. The first-order valence-corrected chi connectivity index (χ1v) is 10.1. The average molecular weight is 338 g/mol. The van der Waals surface area contributed by atoms with Gasteiger partial charge in [0, 0.05) is 6.04 Å². The first-order valence-electron chi connectivity index (χ1n) is 8.28. The maximum atomic E-state index is 12.7. The molecule has 6 heteroatoms. The molecule has 0 aromatic heterocycles. The number of sulfonamides is 1. The molecule has 5 nitrogen and oxygen atoms in total. The fraction of sp³-hybridized carbons (Fsp3) is 0.588. The Morgan fingerprint density at radius 2 is 1.83 bits per heavy atom. The van der Waals surface area contributed by atoms with Crippen molar-refractivity contribution in [3.05, 3.63) is 30.3 Å². The van der Waals surface area contributed by atoms with Crippen LogP contribution in [0, 0.1) is 0 Å². The number of hydrogen-bond acceptors (Lipinski definition) is 3. The lowest BCUT2D eigenvalue weighted by Crippen LogP contribution is -2.51. The van der Waals surface area contributed by atoms with Gasteiger partial charge >= 0.3 is 0 Å². The van der Waals surface area contributed by atoms with Gasteiger partial charge in [0.1, 0.15) is 6.04 Å². The van der Waals surface area contributed by atoms with Gasteiger partial charge in [-0.05, 0) is 31.4 Å². The van der Waals surface area contributed by atoms with Crippen molar-refractivity contribution in [2.45, 2.75) is 57.5 Å². The Labute approximate surface area is 139 Å².